The predicted molar refractivity (Wildman–Crippen MR) is 85.6 cm³/mol. The Labute approximate surface area is 141 Å². The normalized spacial score (nSPS) is 20.0. The summed E-state index contributed by atoms with van der Waals surface area (Å²) in [5.41, 5.74) is 0.178. The summed E-state index contributed by atoms with van der Waals surface area (Å²) in [5, 5.41) is 6.49. The number of aromatic amines is 1. The minimum atomic E-state index is -2.75. The van der Waals surface area contributed by atoms with Crippen molar-refractivity contribution in [2.24, 2.45) is 5.92 Å². The molecule has 0 atom stereocenters. The van der Waals surface area contributed by atoms with Crippen LogP contribution in [0.4, 0.5) is 14.6 Å². The quantitative estimate of drug-likeness (QED) is 0.759. The van der Waals surface area contributed by atoms with Crippen molar-refractivity contribution in [3.63, 3.8) is 0 Å². The summed E-state index contributed by atoms with van der Waals surface area (Å²) < 4.78 is 28.0. The molecule has 0 bridgehead atoms. The first-order valence-electron chi connectivity index (χ1n) is 8.00. The van der Waals surface area contributed by atoms with E-state index in [0.717, 1.165) is 12.8 Å². The van der Waals surface area contributed by atoms with Crippen LogP contribution in [0.5, 0.6) is 0 Å². The van der Waals surface area contributed by atoms with Gasteiger partial charge in [0.15, 0.2) is 11.5 Å². The van der Waals surface area contributed by atoms with E-state index in [0.29, 0.717) is 17.4 Å². The van der Waals surface area contributed by atoms with Crippen LogP contribution in [0.3, 0.4) is 0 Å². The molecule has 1 fully saturated rings. The van der Waals surface area contributed by atoms with Crippen LogP contribution in [0.15, 0.2) is 24.7 Å². The van der Waals surface area contributed by atoms with Gasteiger partial charge in [0.05, 0.1) is 6.20 Å². The van der Waals surface area contributed by atoms with E-state index in [-0.39, 0.29) is 23.0 Å². The molecule has 9 heteroatoms. The fourth-order valence-corrected chi connectivity index (χ4v) is 3.14. The number of anilines is 1. The molecule has 0 unspecified atom stereocenters. The van der Waals surface area contributed by atoms with Crippen LogP contribution in [0.2, 0.25) is 0 Å². The minimum Gasteiger partial charge on any atom is -0.339 e. The number of fused-ring (bicyclic) bond motifs is 1. The average Bonchev–Trinajstić information content (AvgIpc) is 3.15. The number of alkyl halides is 2. The van der Waals surface area contributed by atoms with E-state index in [1.54, 1.807) is 12.3 Å². The van der Waals surface area contributed by atoms with Crippen LogP contribution in [-0.2, 0) is 0 Å². The Morgan fingerprint density at radius 2 is 2.24 bits per heavy atom. The van der Waals surface area contributed by atoms with Crippen LogP contribution >= 0.6 is 0 Å². The summed E-state index contributed by atoms with van der Waals surface area (Å²) in [6, 6.07) is 1.68. The lowest BCUT2D eigenvalue weighted by atomic mass is 9.76. The van der Waals surface area contributed by atoms with Crippen LogP contribution in [0.1, 0.15) is 54.0 Å². The number of hydrogen-bond donors (Lipinski definition) is 2. The Kier molecular flexibility index (Phi) is 3.70. The number of nitrogens with one attached hydrogen (secondary N) is 2. The minimum absolute atomic E-state index is 0.134. The zero-order valence-corrected chi connectivity index (χ0v) is 13.4. The van der Waals surface area contributed by atoms with Gasteiger partial charge in [0.1, 0.15) is 17.1 Å². The van der Waals surface area contributed by atoms with Crippen molar-refractivity contribution in [3.8, 4) is 0 Å². The molecule has 1 amide bonds. The fourth-order valence-electron chi connectivity index (χ4n) is 3.14. The van der Waals surface area contributed by atoms with Crippen molar-refractivity contribution < 1.29 is 13.6 Å². The van der Waals surface area contributed by atoms with Gasteiger partial charge >= 0.3 is 0 Å². The van der Waals surface area contributed by atoms with Gasteiger partial charge in [0.2, 0.25) is 0 Å². The lowest BCUT2D eigenvalue weighted by molar-refractivity contribution is 0.102. The van der Waals surface area contributed by atoms with Gasteiger partial charge in [-0.25, -0.2) is 23.3 Å². The molecule has 0 aromatic carbocycles. The second kappa shape index (κ2) is 5.91. The second-order valence-corrected chi connectivity index (χ2v) is 6.36. The lowest BCUT2D eigenvalue weighted by Gasteiger charge is -2.30. The van der Waals surface area contributed by atoms with Gasteiger partial charge in [-0.05, 0) is 24.8 Å². The Morgan fingerprint density at radius 1 is 1.44 bits per heavy atom. The van der Waals surface area contributed by atoms with Crippen LogP contribution in [-0.4, -0.2) is 30.5 Å². The van der Waals surface area contributed by atoms with E-state index in [9.17, 15) is 13.6 Å². The molecular weight excluding hydrogens is 330 g/mol. The Morgan fingerprint density at radius 3 is 2.96 bits per heavy atom. The number of carbonyl (C=O) groups is 1. The number of carbonyl (C=O) groups excluding carboxylic acids is 1. The Hall–Kier alpha value is -2.84. The van der Waals surface area contributed by atoms with Crippen molar-refractivity contribution >= 4 is 17.4 Å². The highest BCUT2D eigenvalue weighted by molar-refractivity contribution is 6.07. The summed E-state index contributed by atoms with van der Waals surface area (Å²) in [4.78, 5) is 23.4. The molecule has 130 valence electrons. The topological polar surface area (TPSA) is 88.0 Å². The van der Waals surface area contributed by atoms with Crippen molar-refractivity contribution in [1.29, 1.82) is 0 Å². The highest BCUT2D eigenvalue weighted by Gasteiger charge is 2.32. The second-order valence-electron chi connectivity index (χ2n) is 6.36. The average molecular weight is 346 g/mol. The first-order valence-corrected chi connectivity index (χ1v) is 8.00. The number of H-pyrrole nitrogens is 1. The third-order valence-corrected chi connectivity index (χ3v) is 4.48. The summed E-state index contributed by atoms with van der Waals surface area (Å²) in [6.45, 7) is 2.11. The molecule has 0 radical (unpaired) electrons. The number of rotatable bonds is 4. The van der Waals surface area contributed by atoms with E-state index >= 15 is 0 Å². The van der Waals surface area contributed by atoms with Crippen LogP contribution < -0.4 is 5.32 Å². The molecule has 3 aromatic heterocycles. The number of halogens is 2. The molecule has 0 spiro atoms. The first-order chi connectivity index (χ1) is 12.0. The molecule has 7 nitrogen and oxygen atoms in total. The number of amides is 1. The van der Waals surface area contributed by atoms with Gasteiger partial charge in [-0.2, -0.15) is 5.10 Å². The van der Waals surface area contributed by atoms with Crippen LogP contribution in [0.25, 0.3) is 5.65 Å². The molecule has 1 saturated carbocycles. The molecule has 0 saturated heterocycles. The smallest absolute Gasteiger partial charge is 0.281 e. The maximum atomic E-state index is 13.3. The van der Waals surface area contributed by atoms with Gasteiger partial charge in [0, 0.05) is 18.3 Å². The molecule has 4 rings (SSSR count). The summed E-state index contributed by atoms with van der Waals surface area (Å²) in [5.74, 6) is 0.493. The molecular formula is C16H16F2N6O. The van der Waals surface area contributed by atoms with Gasteiger partial charge in [-0.3, -0.25) is 4.79 Å². The van der Waals surface area contributed by atoms with Crippen molar-refractivity contribution in [3.05, 3.63) is 41.7 Å². The summed E-state index contributed by atoms with van der Waals surface area (Å²) in [7, 11) is 0. The molecule has 1 aliphatic rings. The lowest BCUT2D eigenvalue weighted by Crippen LogP contribution is -2.20. The van der Waals surface area contributed by atoms with Crippen molar-refractivity contribution in [1.82, 2.24) is 24.6 Å². The third-order valence-electron chi connectivity index (χ3n) is 4.48. The maximum Gasteiger partial charge on any atom is 0.281 e. The van der Waals surface area contributed by atoms with E-state index in [1.807, 2.05) is 0 Å². The molecule has 0 aliphatic heterocycles. The number of aromatic nitrogens is 5. The number of imidazole rings is 1. The first kappa shape index (κ1) is 15.7. The van der Waals surface area contributed by atoms with Crippen molar-refractivity contribution in [2.45, 2.75) is 32.1 Å². The van der Waals surface area contributed by atoms with E-state index in [4.69, 9.17) is 0 Å². The Bertz CT molecular complexity index is 928. The van der Waals surface area contributed by atoms with Gasteiger partial charge in [-0.15, -0.1) is 0 Å². The van der Waals surface area contributed by atoms with E-state index in [2.05, 4.69) is 32.3 Å². The monoisotopic (exact) mass is 346 g/mol. The predicted octanol–water partition coefficient (Wildman–Crippen LogP) is 3.16. The summed E-state index contributed by atoms with van der Waals surface area (Å²) >= 11 is 0. The highest BCUT2D eigenvalue weighted by atomic mass is 19.3. The SMILES string of the molecule is CC1CC(c2nc(NC(=O)c3cnn4cccnc34)c(C(F)F)[nH]2)C1. The summed E-state index contributed by atoms with van der Waals surface area (Å²) in [6.07, 6.45) is 3.58. The van der Waals surface area contributed by atoms with E-state index < -0.39 is 12.3 Å². The molecule has 1 aliphatic carbocycles. The van der Waals surface area contributed by atoms with Gasteiger partial charge in [-0.1, -0.05) is 6.92 Å². The largest absolute Gasteiger partial charge is 0.339 e. The number of nitrogens with zero attached hydrogens (tertiary/aromatic N) is 4. The van der Waals surface area contributed by atoms with Crippen molar-refractivity contribution in [2.75, 3.05) is 5.32 Å². The highest BCUT2D eigenvalue weighted by Crippen LogP contribution is 2.41. The van der Waals surface area contributed by atoms with E-state index in [1.165, 1.54) is 16.9 Å². The standard InChI is InChI=1S/C16H16F2N6O/c1-8-5-9(6-8)13-21-11(12(17)18)14(22-13)23-16(25)10-7-20-24-4-2-3-19-15(10)24/h2-4,7-9,12H,5-6H2,1H3,(H,21,22)(H,23,25). The Balaban J connectivity index is 1.62. The molecule has 2 N–H and O–H groups in total. The van der Waals surface area contributed by atoms with Gasteiger partial charge < -0.3 is 10.3 Å². The van der Waals surface area contributed by atoms with Crippen LogP contribution in [0, 0.1) is 5.92 Å². The molecule has 3 heterocycles. The number of hydrogen-bond acceptors (Lipinski definition) is 4. The maximum absolute atomic E-state index is 13.3. The molecule has 25 heavy (non-hydrogen) atoms. The van der Waals surface area contributed by atoms with Gasteiger partial charge in [0.25, 0.3) is 12.3 Å². The molecule has 3 aromatic rings. The fraction of sp³-hybridized carbons (Fsp3) is 0.375. The zero-order valence-electron chi connectivity index (χ0n) is 13.4. The third kappa shape index (κ3) is 2.75. The zero-order chi connectivity index (χ0) is 17.6.